The highest BCUT2D eigenvalue weighted by molar-refractivity contribution is 5.65. The van der Waals surface area contributed by atoms with Crippen molar-refractivity contribution in [3.8, 4) is 0 Å². The maximum atomic E-state index is 10.7. The van der Waals surface area contributed by atoms with Crippen molar-refractivity contribution in [2.75, 3.05) is 13.1 Å². The van der Waals surface area contributed by atoms with Crippen LogP contribution in [0.25, 0.3) is 5.57 Å². The number of aromatic amines is 1. The van der Waals surface area contributed by atoms with Crippen LogP contribution in [0.2, 0.25) is 0 Å². The van der Waals surface area contributed by atoms with Crippen LogP contribution in [-0.4, -0.2) is 23.1 Å². The van der Waals surface area contributed by atoms with Crippen LogP contribution < -0.4 is 11.0 Å². The first-order chi connectivity index (χ1) is 6.36. The molecule has 4 heteroatoms. The van der Waals surface area contributed by atoms with E-state index in [-0.39, 0.29) is 5.69 Å². The van der Waals surface area contributed by atoms with Crippen molar-refractivity contribution in [2.45, 2.75) is 6.42 Å². The van der Waals surface area contributed by atoms with Gasteiger partial charge in [-0.3, -0.25) is 0 Å². The van der Waals surface area contributed by atoms with E-state index in [1.54, 1.807) is 12.4 Å². The van der Waals surface area contributed by atoms with Crippen LogP contribution >= 0.6 is 0 Å². The third-order valence-electron chi connectivity index (χ3n) is 2.11. The molecular formula is C9H11N3O. The summed E-state index contributed by atoms with van der Waals surface area (Å²) in [5.74, 6) is 0. The van der Waals surface area contributed by atoms with Crippen LogP contribution in [0, 0.1) is 0 Å². The number of rotatable bonds is 1. The Balaban J connectivity index is 2.29. The van der Waals surface area contributed by atoms with E-state index >= 15 is 0 Å². The molecule has 0 atom stereocenters. The predicted molar refractivity (Wildman–Crippen MR) is 50.3 cm³/mol. The summed E-state index contributed by atoms with van der Waals surface area (Å²) in [5, 5.41) is 3.23. The fourth-order valence-corrected chi connectivity index (χ4v) is 1.40. The summed E-state index contributed by atoms with van der Waals surface area (Å²) in [6, 6.07) is 0. The van der Waals surface area contributed by atoms with Crippen LogP contribution in [0.3, 0.4) is 0 Å². The molecule has 2 heterocycles. The molecule has 1 aromatic rings. The Bertz CT molecular complexity index is 360. The summed E-state index contributed by atoms with van der Waals surface area (Å²) in [7, 11) is 0. The standard InChI is InChI=1S/C9H11N3O/c13-9-11-5-8(6-12-9)7-1-3-10-4-2-7/h1,5-6,10H,2-4H2,(H,11,12,13). The van der Waals surface area contributed by atoms with Crippen LogP contribution in [0.5, 0.6) is 0 Å². The molecule has 1 aromatic heterocycles. The highest BCUT2D eigenvalue weighted by Crippen LogP contribution is 2.16. The van der Waals surface area contributed by atoms with Gasteiger partial charge in [0, 0.05) is 24.5 Å². The minimum Gasteiger partial charge on any atom is -0.313 e. The van der Waals surface area contributed by atoms with Gasteiger partial charge < -0.3 is 10.3 Å². The molecule has 68 valence electrons. The molecule has 0 spiro atoms. The van der Waals surface area contributed by atoms with E-state index in [9.17, 15) is 4.79 Å². The molecule has 13 heavy (non-hydrogen) atoms. The Kier molecular flexibility index (Phi) is 2.23. The fraction of sp³-hybridized carbons (Fsp3) is 0.333. The Morgan fingerprint density at radius 2 is 2.38 bits per heavy atom. The molecule has 0 saturated heterocycles. The second-order valence-corrected chi connectivity index (χ2v) is 2.99. The molecule has 4 nitrogen and oxygen atoms in total. The van der Waals surface area contributed by atoms with E-state index in [1.807, 2.05) is 0 Å². The number of aromatic nitrogens is 2. The van der Waals surface area contributed by atoms with E-state index in [0.29, 0.717) is 0 Å². The first-order valence-corrected chi connectivity index (χ1v) is 4.31. The average molecular weight is 177 g/mol. The Hall–Kier alpha value is -1.42. The van der Waals surface area contributed by atoms with Crippen molar-refractivity contribution in [2.24, 2.45) is 0 Å². The number of hydrogen-bond donors (Lipinski definition) is 2. The molecule has 0 radical (unpaired) electrons. The third kappa shape index (κ3) is 1.84. The van der Waals surface area contributed by atoms with Gasteiger partial charge in [-0.2, -0.15) is 0 Å². The number of nitrogens with zero attached hydrogens (tertiary/aromatic N) is 1. The lowest BCUT2D eigenvalue weighted by atomic mass is 10.0. The van der Waals surface area contributed by atoms with Gasteiger partial charge in [-0.05, 0) is 18.5 Å². The molecule has 0 bridgehead atoms. The van der Waals surface area contributed by atoms with Crippen molar-refractivity contribution in [3.05, 3.63) is 34.5 Å². The SMILES string of the molecule is O=c1ncc(C2=CCNCC2)c[nH]1. The highest BCUT2D eigenvalue weighted by Gasteiger charge is 2.05. The Morgan fingerprint density at radius 3 is 3.00 bits per heavy atom. The first-order valence-electron chi connectivity index (χ1n) is 4.31. The maximum Gasteiger partial charge on any atom is 0.344 e. The van der Waals surface area contributed by atoms with E-state index in [2.05, 4.69) is 21.4 Å². The molecule has 0 amide bonds. The lowest BCUT2D eigenvalue weighted by molar-refractivity contribution is 0.738. The van der Waals surface area contributed by atoms with Crippen LogP contribution in [0.1, 0.15) is 12.0 Å². The zero-order valence-electron chi connectivity index (χ0n) is 7.21. The first kappa shape index (κ1) is 8.19. The van der Waals surface area contributed by atoms with Crippen molar-refractivity contribution in [1.29, 1.82) is 0 Å². The van der Waals surface area contributed by atoms with Crippen LogP contribution in [-0.2, 0) is 0 Å². The molecule has 0 unspecified atom stereocenters. The van der Waals surface area contributed by atoms with Gasteiger partial charge in [-0.1, -0.05) is 6.08 Å². The summed E-state index contributed by atoms with van der Waals surface area (Å²) in [5.41, 5.74) is 1.97. The average Bonchev–Trinajstić information content (AvgIpc) is 2.20. The smallest absolute Gasteiger partial charge is 0.313 e. The zero-order chi connectivity index (χ0) is 9.10. The van der Waals surface area contributed by atoms with E-state index in [0.717, 1.165) is 25.1 Å². The van der Waals surface area contributed by atoms with Gasteiger partial charge in [0.05, 0.1) is 0 Å². The zero-order valence-corrected chi connectivity index (χ0v) is 7.21. The van der Waals surface area contributed by atoms with Crippen molar-refractivity contribution in [3.63, 3.8) is 0 Å². The van der Waals surface area contributed by atoms with Crippen LogP contribution in [0.15, 0.2) is 23.3 Å². The minimum absolute atomic E-state index is 0.293. The summed E-state index contributed by atoms with van der Waals surface area (Å²) >= 11 is 0. The van der Waals surface area contributed by atoms with Crippen LogP contribution in [0.4, 0.5) is 0 Å². The molecule has 1 aliphatic heterocycles. The molecule has 0 aromatic carbocycles. The van der Waals surface area contributed by atoms with E-state index < -0.39 is 0 Å². The number of H-pyrrole nitrogens is 1. The van der Waals surface area contributed by atoms with E-state index in [4.69, 9.17) is 0 Å². The summed E-state index contributed by atoms with van der Waals surface area (Å²) in [4.78, 5) is 17.0. The lowest BCUT2D eigenvalue weighted by Gasteiger charge is -2.12. The van der Waals surface area contributed by atoms with Gasteiger partial charge in [0.25, 0.3) is 0 Å². The predicted octanol–water partition coefficient (Wildman–Crippen LogP) is 0.147. The summed E-state index contributed by atoms with van der Waals surface area (Å²) < 4.78 is 0. The minimum atomic E-state index is -0.293. The largest absolute Gasteiger partial charge is 0.344 e. The van der Waals surface area contributed by atoms with Crippen molar-refractivity contribution in [1.82, 2.24) is 15.3 Å². The normalized spacial score (nSPS) is 16.8. The Morgan fingerprint density at radius 1 is 1.46 bits per heavy atom. The van der Waals surface area contributed by atoms with Gasteiger partial charge >= 0.3 is 5.69 Å². The molecule has 2 N–H and O–H groups in total. The highest BCUT2D eigenvalue weighted by atomic mass is 16.1. The topological polar surface area (TPSA) is 57.8 Å². The molecule has 2 rings (SSSR count). The van der Waals surface area contributed by atoms with Gasteiger partial charge in [0.1, 0.15) is 0 Å². The number of nitrogens with one attached hydrogen (secondary N) is 2. The van der Waals surface area contributed by atoms with Gasteiger partial charge in [-0.15, -0.1) is 0 Å². The monoisotopic (exact) mass is 177 g/mol. The van der Waals surface area contributed by atoms with Crippen molar-refractivity contribution >= 4 is 5.57 Å². The van der Waals surface area contributed by atoms with Gasteiger partial charge in [-0.25, -0.2) is 9.78 Å². The lowest BCUT2D eigenvalue weighted by Crippen LogP contribution is -2.20. The molecule has 0 saturated carbocycles. The third-order valence-corrected chi connectivity index (χ3v) is 2.11. The molecule has 1 aliphatic rings. The maximum absolute atomic E-state index is 10.7. The van der Waals surface area contributed by atoms with Gasteiger partial charge in [0.2, 0.25) is 0 Å². The summed E-state index contributed by atoms with van der Waals surface area (Å²) in [6.07, 6.45) is 6.45. The molecular weight excluding hydrogens is 166 g/mol. The number of hydrogen-bond acceptors (Lipinski definition) is 3. The fourth-order valence-electron chi connectivity index (χ4n) is 1.40. The van der Waals surface area contributed by atoms with Gasteiger partial charge in [0.15, 0.2) is 0 Å². The summed E-state index contributed by atoms with van der Waals surface area (Å²) in [6.45, 7) is 1.89. The molecule has 0 aliphatic carbocycles. The Labute approximate surface area is 75.7 Å². The van der Waals surface area contributed by atoms with E-state index in [1.165, 1.54) is 5.57 Å². The van der Waals surface area contributed by atoms with Crippen molar-refractivity contribution < 1.29 is 0 Å². The molecule has 0 fully saturated rings. The quantitative estimate of drug-likeness (QED) is 0.641. The second-order valence-electron chi connectivity index (χ2n) is 2.99. The second kappa shape index (κ2) is 3.53.